The Hall–Kier alpha value is -1.63. The molecule has 0 spiro atoms. The summed E-state index contributed by atoms with van der Waals surface area (Å²) in [5.74, 6) is 0.529. The molecule has 2 rings (SSSR count). The van der Waals surface area contributed by atoms with Crippen molar-refractivity contribution in [1.82, 2.24) is 4.98 Å². The van der Waals surface area contributed by atoms with Crippen molar-refractivity contribution in [3.8, 4) is 0 Å². The summed E-state index contributed by atoms with van der Waals surface area (Å²) in [5, 5.41) is 11.3. The molecule has 1 aliphatic rings. The molecule has 1 aromatic heterocycles. The Balaban J connectivity index is 1.94. The van der Waals surface area contributed by atoms with Gasteiger partial charge < -0.3 is 4.74 Å². The average molecular weight is 282 g/mol. The summed E-state index contributed by atoms with van der Waals surface area (Å²) in [5.41, 5.74) is 0.0275. The second-order valence-electron chi connectivity index (χ2n) is 4.65. The van der Waals surface area contributed by atoms with Gasteiger partial charge in [0.15, 0.2) is 0 Å². The molecular formula is C12H14N2O4S. The molecule has 1 aromatic rings. The number of thioether (sulfide) groups is 1. The van der Waals surface area contributed by atoms with Crippen molar-refractivity contribution >= 4 is 23.4 Å². The van der Waals surface area contributed by atoms with Crippen molar-refractivity contribution in [1.29, 1.82) is 0 Å². The van der Waals surface area contributed by atoms with Gasteiger partial charge in [0.05, 0.1) is 18.5 Å². The van der Waals surface area contributed by atoms with Gasteiger partial charge in [0.2, 0.25) is 0 Å². The Morgan fingerprint density at radius 1 is 1.63 bits per heavy atom. The van der Waals surface area contributed by atoms with Crippen LogP contribution < -0.4 is 0 Å². The fourth-order valence-corrected chi connectivity index (χ4v) is 2.93. The fraction of sp³-hybridized carbons (Fsp3) is 0.500. The van der Waals surface area contributed by atoms with Gasteiger partial charge in [0.1, 0.15) is 5.03 Å². The molecule has 0 saturated heterocycles. The molecule has 0 amide bonds. The second-order valence-corrected chi connectivity index (χ2v) is 5.65. The van der Waals surface area contributed by atoms with Crippen LogP contribution in [0.5, 0.6) is 0 Å². The third-order valence-corrected chi connectivity index (χ3v) is 4.44. The number of rotatable bonds is 6. The molecule has 1 saturated carbocycles. The molecule has 7 heteroatoms. The minimum absolute atomic E-state index is 0.00986. The van der Waals surface area contributed by atoms with E-state index in [0.717, 1.165) is 18.6 Å². The molecule has 0 aromatic carbocycles. The van der Waals surface area contributed by atoms with Crippen molar-refractivity contribution in [3.05, 3.63) is 28.4 Å². The minimum Gasteiger partial charge on any atom is -0.469 e. The van der Waals surface area contributed by atoms with Crippen LogP contribution in [0.4, 0.5) is 5.69 Å². The van der Waals surface area contributed by atoms with E-state index in [1.54, 1.807) is 0 Å². The van der Waals surface area contributed by atoms with E-state index in [4.69, 9.17) is 0 Å². The zero-order chi connectivity index (χ0) is 13.9. The fourth-order valence-electron chi connectivity index (χ4n) is 1.75. The van der Waals surface area contributed by atoms with E-state index in [-0.39, 0.29) is 17.1 Å². The highest BCUT2D eigenvalue weighted by molar-refractivity contribution is 7.99. The molecule has 6 nitrogen and oxygen atoms in total. The summed E-state index contributed by atoms with van der Waals surface area (Å²) < 4.78 is 4.68. The zero-order valence-corrected chi connectivity index (χ0v) is 11.3. The van der Waals surface area contributed by atoms with Crippen LogP contribution in [0.1, 0.15) is 19.3 Å². The van der Waals surface area contributed by atoms with Gasteiger partial charge in [-0.1, -0.05) is 0 Å². The highest BCUT2D eigenvalue weighted by Gasteiger charge is 2.44. The summed E-state index contributed by atoms with van der Waals surface area (Å²) in [6.45, 7) is 0. The van der Waals surface area contributed by atoms with Gasteiger partial charge in [0, 0.05) is 24.1 Å². The predicted molar refractivity (Wildman–Crippen MR) is 69.9 cm³/mol. The zero-order valence-electron chi connectivity index (χ0n) is 10.5. The molecule has 0 bridgehead atoms. The molecule has 0 unspecified atom stereocenters. The maximum Gasteiger partial charge on any atom is 0.306 e. The lowest BCUT2D eigenvalue weighted by Gasteiger charge is -2.12. The molecule has 0 N–H and O–H groups in total. The van der Waals surface area contributed by atoms with Crippen LogP contribution in [-0.2, 0) is 9.53 Å². The Bertz CT molecular complexity index is 502. The number of aromatic nitrogens is 1. The van der Waals surface area contributed by atoms with Gasteiger partial charge >= 0.3 is 5.97 Å². The number of carbonyl (C=O) groups excluding carboxylic acids is 1. The molecule has 0 radical (unpaired) electrons. The number of methoxy groups -OCH3 is 1. The second kappa shape index (κ2) is 5.56. The highest BCUT2D eigenvalue weighted by Crippen LogP contribution is 2.52. The summed E-state index contributed by atoms with van der Waals surface area (Å²) in [6, 6.07) is 2.82. The van der Waals surface area contributed by atoms with E-state index in [2.05, 4.69) is 9.72 Å². The third-order valence-electron chi connectivity index (χ3n) is 3.16. The number of carbonyl (C=O) groups is 1. The summed E-state index contributed by atoms with van der Waals surface area (Å²) in [7, 11) is 1.38. The van der Waals surface area contributed by atoms with Crippen LogP contribution >= 0.6 is 11.8 Å². The van der Waals surface area contributed by atoms with Crippen LogP contribution in [0, 0.1) is 15.5 Å². The van der Waals surface area contributed by atoms with Crippen molar-refractivity contribution < 1.29 is 14.5 Å². The molecule has 1 fully saturated rings. The first-order valence-corrected chi connectivity index (χ1v) is 6.83. The molecule has 102 valence electrons. The van der Waals surface area contributed by atoms with Crippen molar-refractivity contribution in [3.63, 3.8) is 0 Å². The van der Waals surface area contributed by atoms with E-state index >= 15 is 0 Å². The SMILES string of the molecule is COC(=O)CC1(CSc2cc([N+](=O)[O-])ccn2)CC1. The van der Waals surface area contributed by atoms with Gasteiger partial charge in [-0.2, -0.15) is 0 Å². The van der Waals surface area contributed by atoms with Crippen LogP contribution in [0.3, 0.4) is 0 Å². The van der Waals surface area contributed by atoms with Crippen molar-refractivity contribution in [2.24, 2.45) is 5.41 Å². The van der Waals surface area contributed by atoms with Gasteiger partial charge in [-0.15, -0.1) is 11.8 Å². The van der Waals surface area contributed by atoms with Gasteiger partial charge in [-0.25, -0.2) is 4.98 Å². The lowest BCUT2D eigenvalue weighted by atomic mass is 10.1. The Morgan fingerprint density at radius 3 is 2.95 bits per heavy atom. The quantitative estimate of drug-likeness (QED) is 0.345. The van der Waals surface area contributed by atoms with Crippen LogP contribution in [-0.4, -0.2) is 28.7 Å². The summed E-state index contributed by atoms with van der Waals surface area (Å²) in [6.07, 6.45) is 3.82. The van der Waals surface area contributed by atoms with Crippen LogP contribution in [0.2, 0.25) is 0 Å². The van der Waals surface area contributed by atoms with Gasteiger partial charge in [0.25, 0.3) is 5.69 Å². The lowest BCUT2D eigenvalue weighted by Crippen LogP contribution is -2.13. The standard InChI is InChI=1S/C12H14N2O4S/c1-18-11(15)7-12(3-4-12)8-19-10-6-9(14(16)17)2-5-13-10/h2,5-6H,3-4,7-8H2,1H3. The number of nitrogens with zero attached hydrogens (tertiary/aromatic N) is 2. The Kier molecular flexibility index (Phi) is 4.04. The highest BCUT2D eigenvalue weighted by atomic mass is 32.2. The number of pyridine rings is 1. The number of nitro groups is 1. The lowest BCUT2D eigenvalue weighted by molar-refractivity contribution is -0.385. The van der Waals surface area contributed by atoms with Gasteiger partial charge in [-0.3, -0.25) is 14.9 Å². The monoisotopic (exact) mass is 282 g/mol. The number of hydrogen-bond acceptors (Lipinski definition) is 6. The first-order valence-electron chi connectivity index (χ1n) is 5.85. The largest absolute Gasteiger partial charge is 0.469 e. The van der Waals surface area contributed by atoms with E-state index in [1.165, 1.54) is 37.2 Å². The molecule has 1 aliphatic carbocycles. The number of ether oxygens (including phenoxy) is 1. The van der Waals surface area contributed by atoms with Crippen LogP contribution in [0.25, 0.3) is 0 Å². The summed E-state index contributed by atoms with van der Waals surface area (Å²) in [4.78, 5) is 25.6. The molecule has 1 heterocycles. The first-order chi connectivity index (χ1) is 9.04. The maximum absolute atomic E-state index is 11.3. The molecule has 0 aliphatic heterocycles. The normalized spacial score (nSPS) is 15.8. The molecule has 19 heavy (non-hydrogen) atoms. The van der Waals surface area contributed by atoms with Crippen LogP contribution in [0.15, 0.2) is 23.4 Å². The summed E-state index contributed by atoms with van der Waals surface area (Å²) >= 11 is 1.45. The number of hydrogen-bond donors (Lipinski definition) is 0. The van der Waals surface area contributed by atoms with Gasteiger partial charge in [-0.05, 0) is 18.3 Å². The predicted octanol–water partition coefficient (Wildman–Crippen LogP) is 2.43. The first kappa shape index (κ1) is 13.8. The third kappa shape index (κ3) is 3.66. The molecular weight excluding hydrogens is 268 g/mol. The minimum atomic E-state index is -0.437. The Morgan fingerprint density at radius 2 is 2.37 bits per heavy atom. The topological polar surface area (TPSA) is 82.3 Å². The van der Waals surface area contributed by atoms with Crippen molar-refractivity contribution in [2.45, 2.75) is 24.3 Å². The van der Waals surface area contributed by atoms with E-state index < -0.39 is 4.92 Å². The average Bonchev–Trinajstić information content (AvgIpc) is 3.17. The Labute approximate surface area is 114 Å². The molecule has 0 atom stereocenters. The smallest absolute Gasteiger partial charge is 0.306 e. The van der Waals surface area contributed by atoms with E-state index in [1.807, 2.05) is 0 Å². The van der Waals surface area contributed by atoms with E-state index in [9.17, 15) is 14.9 Å². The number of esters is 1. The van der Waals surface area contributed by atoms with E-state index in [0.29, 0.717) is 11.4 Å². The van der Waals surface area contributed by atoms with Crippen molar-refractivity contribution in [2.75, 3.05) is 12.9 Å². The maximum atomic E-state index is 11.3.